The molecule has 8 rings (SSSR count). The number of carboxylic acid groups (broad SMARTS) is 1. The van der Waals surface area contributed by atoms with Crippen molar-refractivity contribution in [2.75, 3.05) is 66.0 Å². The highest BCUT2D eigenvalue weighted by Crippen LogP contribution is 2.28. The second kappa shape index (κ2) is 49.1. The van der Waals surface area contributed by atoms with E-state index in [1.807, 2.05) is 6.92 Å². The number of hydrogen-bond acceptors (Lipinski definition) is 20. The zero-order valence-electron chi connectivity index (χ0n) is 74.2. The summed E-state index contributed by atoms with van der Waals surface area (Å²) in [5.41, 5.74) is 13.6. The molecular weight excluding hydrogens is 1690 g/mol. The SMILES string of the molecule is CCCC[C@H]1C(=O)N2CCC[C@@H]2C(=O)N[C@@H](CC(=O)O)C(=O)N[C@@H](C(C)C)C(=O)N(C)[C@@H](CCOC)C(=O)N[C@@H](CCC(N)=O)C(=O)N2CCCC[C@@H]2C(=O)N[C@@H](Cc2c[nH]c3ccccc23)C(=O)N[C@@H](Cc2ccc(O)cc2)C(=O)N[C@@H](CC(C)C)C(=O)N[C@H](C(=O)NCC(N)=O)CSCC(=O)N[C@@H](Cc2ccc(F)cc2)C(=O)N(C)[C@@H](Cc2ccccc2)C(=O)N1C. The van der Waals surface area contributed by atoms with Crippen molar-refractivity contribution in [2.24, 2.45) is 23.3 Å². The normalized spacial score (nSPS) is 24.0. The largest absolute Gasteiger partial charge is 0.508 e. The van der Waals surface area contributed by atoms with Crippen molar-refractivity contribution in [1.82, 2.24) is 77.3 Å². The van der Waals surface area contributed by atoms with Gasteiger partial charge in [0.2, 0.25) is 94.5 Å². The molecule has 0 aliphatic carbocycles. The van der Waals surface area contributed by atoms with E-state index >= 15 is 43.2 Å². The van der Waals surface area contributed by atoms with Gasteiger partial charge in [-0.2, -0.15) is 0 Å². The summed E-state index contributed by atoms with van der Waals surface area (Å²) in [5, 5.41) is 45.3. The number of ether oxygens (including phenoxy) is 1. The number of unbranched alkanes of at least 4 members (excludes halogenated alkanes) is 1. The molecule has 0 spiro atoms. The van der Waals surface area contributed by atoms with E-state index in [1.54, 1.807) is 88.5 Å². The van der Waals surface area contributed by atoms with Gasteiger partial charge in [0.15, 0.2) is 0 Å². The molecule has 39 heteroatoms. The first-order chi connectivity index (χ1) is 61.4. The highest BCUT2D eigenvalue weighted by atomic mass is 32.2. The number of aromatic nitrogens is 1. The Balaban J connectivity index is 1.22. The van der Waals surface area contributed by atoms with Gasteiger partial charge in [-0.3, -0.25) is 81.5 Å². The zero-order chi connectivity index (χ0) is 94.5. The minimum absolute atomic E-state index is 0.00119. The third kappa shape index (κ3) is 29.5. The Labute approximate surface area is 752 Å². The molecule has 0 unspecified atom stereocenters. The number of likely N-dealkylation sites (N-methyl/N-ethyl adjacent to an activating group) is 3. The quantitative estimate of drug-likeness (QED) is 0.0388. The minimum atomic E-state index is -1.91. The molecule has 4 heterocycles. The van der Waals surface area contributed by atoms with Gasteiger partial charge >= 0.3 is 5.97 Å². The van der Waals surface area contributed by atoms with Crippen molar-refractivity contribution in [1.29, 1.82) is 0 Å². The molecule has 5 aromatic rings. The maximum atomic E-state index is 15.7. The number of nitrogens with zero attached hydrogens (tertiary/aromatic N) is 5. The van der Waals surface area contributed by atoms with E-state index in [0.717, 1.165) is 33.7 Å². The van der Waals surface area contributed by atoms with Crippen LogP contribution in [-0.4, -0.2) is 285 Å². The smallest absolute Gasteiger partial charge is 0.305 e. The van der Waals surface area contributed by atoms with Crippen molar-refractivity contribution in [2.45, 2.75) is 222 Å². The van der Waals surface area contributed by atoms with Crippen molar-refractivity contribution in [3.05, 3.63) is 137 Å². The second-order valence-corrected chi connectivity index (χ2v) is 34.7. The lowest BCUT2D eigenvalue weighted by Crippen LogP contribution is -2.63. The Morgan fingerprint density at radius 3 is 1.72 bits per heavy atom. The number of halogens is 1. The van der Waals surface area contributed by atoms with Gasteiger partial charge < -0.3 is 104 Å². The van der Waals surface area contributed by atoms with Gasteiger partial charge in [0.05, 0.1) is 18.7 Å². The molecule has 3 saturated heterocycles. The van der Waals surface area contributed by atoms with Gasteiger partial charge in [0.25, 0.3) is 0 Å². The Morgan fingerprint density at radius 1 is 0.543 bits per heavy atom. The van der Waals surface area contributed by atoms with E-state index in [2.05, 4.69) is 52.8 Å². The molecule has 13 atom stereocenters. The number of aliphatic carboxylic acids is 1. The number of nitrogens with one attached hydrogen (secondary N) is 10. The molecule has 0 radical (unpaired) electrons. The first-order valence-corrected chi connectivity index (χ1v) is 44.6. The molecule has 4 aromatic carbocycles. The van der Waals surface area contributed by atoms with Gasteiger partial charge in [-0.15, -0.1) is 11.8 Å². The summed E-state index contributed by atoms with van der Waals surface area (Å²) in [5.74, 6) is -19.1. The summed E-state index contributed by atoms with van der Waals surface area (Å²) in [6, 6.07) is 6.26. The van der Waals surface area contributed by atoms with Crippen LogP contribution in [0.1, 0.15) is 140 Å². The van der Waals surface area contributed by atoms with Crippen LogP contribution in [0.5, 0.6) is 5.75 Å². The number of piperidine rings is 1. The number of aromatic hydroxyl groups is 1. The number of primary amides is 2. The Bertz CT molecular complexity index is 4790. The molecule has 3 aliphatic rings. The third-order valence-corrected chi connectivity index (χ3v) is 24.2. The summed E-state index contributed by atoms with van der Waals surface area (Å²) in [4.78, 5) is 258. The number of aromatic amines is 1. The first kappa shape index (κ1) is 102. The lowest BCUT2D eigenvalue weighted by Gasteiger charge is -2.38. The van der Waals surface area contributed by atoms with E-state index in [4.69, 9.17) is 16.2 Å². The van der Waals surface area contributed by atoms with E-state index < -0.39 is 228 Å². The molecule has 16 N–H and O–H groups in total. The highest BCUT2D eigenvalue weighted by molar-refractivity contribution is 8.00. The summed E-state index contributed by atoms with van der Waals surface area (Å²) in [7, 11) is 5.25. The second-order valence-electron chi connectivity index (χ2n) is 33.7. The number of para-hydroxylation sites is 1. The van der Waals surface area contributed by atoms with Gasteiger partial charge in [-0.05, 0) is 116 Å². The van der Waals surface area contributed by atoms with Crippen molar-refractivity contribution in [3.63, 3.8) is 0 Å². The van der Waals surface area contributed by atoms with E-state index in [1.165, 1.54) is 79.4 Å². The molecule has 129 heavy (non-hydrogen) atoms. The van der Waals surface area contributed by atoms with Crippen LogP contribution in [0.2, 0.25) is 0 Å². The van der Waals surface area contributed by atoms with E-state index in [-0.39, 0.29) is 95.6 Å². The number of carbonyl (C=O) groups excluding carboxylic acids is 16. The van der Waals surface area contributed by atoms with Gasteiger partial charge in [0, 0.05) is 109 Å². The summed E-state index contributed by atoms with van der Waals surface area (Å²) in [6.45, 7) is 7.35. The number of hydrogen-bond donors (Lipinski definition) is 14. The van der Waals surface area contributed by atoms with Crippen LogP contribution in [-0.2, 0) is 112 Å². The fraction of sp³-hybridized carbons (Fsp3) is 0.522. The molecule has 3 aliphatic heterocycles. The third-order valence-electron chi connectivity index (χ3n) is 23.1. The van der Waals surface area contributed by atoms with E-state index in [9.17, 15) is 53.0 Å². The number of benzene rings is 4. The minimum Gasteiger partial charge on any atom is -0.508 e. The number of phenolic OH excluding ortho intramolecular Hbond substituents is 1. The molecule has 3 fully saturated rings. The number of carbonyl (C=O) groups is 17. The number of thioether (sulfide) groups is 1. The topological polar surface area (TPSA) is 532 Å². The molecule has 0 bridgehead atoms. The monoisotopic (exact) mass is 1810 g/mol. The first-order valence-electron chi connectivity index (χ1n) is 43.5. The maximum Gasteiger partial charge on any atom is 0.305 e. The van der Waals surface area contributed by atoms with Crippen LogP contribution in [0.25, 0.3) is 10.9 Å². The molecule has 16 amide bonds. The predicted octanol–water partition coefficient (Wildman–Crippen LogP) is 1.03. The lowest BCUT2D eigenvalue weighted by atomic mass is 9.97. The zero-order valence-corrected chi connectivity index (χ0v) is 75.1. The maximum absolute atomic E-state index is 15.7. The number of phenols is 1. The van der Waals surface area contributed by atoms with Gasteiger partial charge in [-0.25, -0.2) is 4.39 Å². The highest BCUT2D eigenvalue weighted by Gasteiger charge is 2.46. The molecule has 37 nitrogen and oxygen atoms in total. The van der Waals surface area contributed by atoms with Gasteiger partial charge in [-0.1, -0.05) is 120 Å². The number of rotatable bonds is 25. The number of nitrogens with two attached hydrogens (primary N) is 2. The number of methoxy groups -OCH3 is 1. The average molecular weight is 1810 g/mol. The van der Waals surface area contributed by atoms with Crippen LogP contribution in [0.3, 0.4) is 0 Å². The predicted molar refractivity (Wildman–Crippen MR) is 474 cm³/mol. The number of amides is 16. The Morgan fingerprint density at radius 2 is 1.09 bits per heavy atom. The number of carboxylic acids is 1. The number of fused-ring (bicyclic) bond motifs is 3. The lowest BCUT2D eigenvalue weighted by molar-refractivity contribution is -0.152. The molecule has 1 aromatic heterocycles. The van der Waals surface area contributed by atoms with Crippen molar-refractivity contribution < 1.29 is 101 Å². The number of H-pyrrole nitrogens is 1. The van der Waals surface area contributed by atoms with Crippen LogP contribution in [0, 0.1) is 17.7 Å². The van der Waals surface area contributed by atoms with Crippen LogP contribution in [0.15, 0.2) is 109 Å². The van der Waals surface area contributed by atoms with Crippen LogP contribution < -0.4 is 59.3 Å². The standard InChI is InChI=1S/C90H122FN17O20S/c1-10-11-24-71-89(126)108-39-19-26-70(108)85(122)101-65(46-76(113)114)82(119)103-77(52(4)5)90(127)104(6)68(37-40-128-9)83(120)97-61(35-36-73(92)110)87(124)107-38-18-17-25-69(107)84(121)100-64(45-56-47-94-60-23-16-15-22-59(56)60)81(118)99-63(42-55-29-33-58(109)34-30-55)80(117)98-62(41-51(2)3)79(116)102-67(78(115)95-48-74(93)111)49-129-50-75(112)96-66(43-54-27-31-57(91)32-28-54)86(123)106(8)72(88(125)105(71)7)44-53-20-13-12-14-21-53/h12-16,20-23,27-34,47,51-52,61-72,77,94,109H,10-11,17-19,24-26,35-46,48-50H2,1-9H3,(H2,92,110)(H2,93,111)(H,95,115)(H,96,112)(H,97,120)(H,98,117)(H,99,118)(H,100,121)(H,101,122)(H,102,116)(H,103,119)(H,113,114)/t61-,62-,63-,64-,65-,66-,67-,68-,69+,70+,71-,72-,77-/m0/s1. The van der Waals surface area contributed by atoms with E-state index in [0.29, 0.717) is 58.8 Å². The Hall–Kier alpha value is -12.6. The van der Waals surface area contributed by atoms with Crippen LogP contribution >= 0.6 is 11.8 Å². The van der Waals surface area contributed by atoms with Gasteiger partial charge in [0.1, 0.15) is 90.1 Å². The van der Waals surface area contributed by atoms with Crippen molar-refractivity contribution >= 4 is 123 Å². The summed E-state index contributed by atoms with van der Waals surface area (Å²) in [6.07, 6.45) is 0.0136. The average Bonchev–Trinajstić information content (AvgIpc) is 1.78. The summed E-state index contributed by atoms with van der Waals surface area (Å²) >= 11 is 0.786. The molecule has 0 saturated carbocycles. The Kier molecular flexibility index (Phi) is 38.8. The van der Waals surface area contributed by atoms with Crippen molar-refractivity contribution in [3.8, 4) is 5.75 Å². The molecular formula is C90H122FN17O20S. The van der Waals surface area contributed by atoms with Crippen LogP contribution in [0.4, 0.5) is 4.39 Å². The fourth-order valence-electron chi connectivity index (χ4n) is 16.0. The fourth-order valence-corrected chi connectivity index (χ4v) is 16.9. The molecule has 700 valence electrons. The summed E-state index contributed by atoms with van der Waals surface area (Å²) < 4.78 is 20.0.